The third-order valence-corrected chi connectivity index (χ3v) is 5.49. The van der Waals surface area contributed by atoms with Crippen molar-refractivity contribution in [3.8, 4) is 35.1 Å². The van der Waals surface area contributed by atoms with Gasteiger partial charge in [-0.2, -0.15) is 10.5 Å². The monoisotopic (exact) mass is 460 g/mol. The molecule has 0 heterocycles. The summed E-state index contributed by atoms with van der Waals surface area (Å²) in [5.74, 6) is -2.69. The minimum atomic E-state index is -1.13. The van der Waals surface area contributed by atoms with Crippen LogP contribution in [0.3, 0.4) is 0 Å². The van der Waals surface area contributed by atoms with Crippen LogP contribution in [0.1, 0.15) is 61.8 Å². The highest BCUT2D eigenvalue weighted by Crippen LogP contribution is 2.44. The lowest BCUT2D eigenvalue weighted by atomic mass is 10.0. The van der Waals surface area contributed by atoms with Crippen molar-refractivity contribution in [2.45, 2.75) is 52.4 Å². The SMILES string of the molecule is CCCCc1ccccc1Oc1c(F)c(C#N)c(C#N)c(F)c1Oc1ccccc1CCCC. The molecule has 3 aromatic carbocycles. The molecule has 3 aromatic rings. The summed E-state index contributed by atoms with van der Waals surface area (Å²) in [6.07, 6.45) is 5.07. The molecule has 3 rings (SSSR count). The number of rotatable bonds is 10. The number of hydrogen-bond donors (Lipinski definition) is 0. The summed E-state index contributed by atoms with van der Waals surface area (Å²) in [5.41, 5.74) is 0.211. The summed E-state index contributed by atoms with van der Waals surface area (Å²) in [5, 5.41) is 18.9. The first-order chi connectivity index (χ1) is 16.5. The number of ether oxygens (including phenoxy) is 2. The zero-order valence-corrected chi connectivity index (χ0v) is 19.3. The second kappa shape index (κ2) is 11.8. The van der Waals surface area contributed by atoms with Crippen molar-refractivity contribution in [3.63, 3.8) is 0 Å². The highest BCUT2D eigenvalue weighted by Gasteiger charge is 2.29. The Morgan fingerprint density at radius 2 is 1.06 bits per heavy atom. The fraction of sp³-hybridized carbons (Fsp3) is 0.286. The van der Waals surface area contributed by atoms with E-state index in [1.807, 2.05) is 24.3 Å². The third-order valence-electron chi connectivity index (χ3n) is 5.49. The minimum Gasteiger partial charge on any atom is -0.450 e. The van der Waals surface area contributed by atoms with Crippen LogP contribution in [0.2, 0.25) is 0 Å². The standard InChI is InChI=1S/C28H26F2N2O2/c1-3-5-11-19-13-7-9-15-23(19)33-27-25(29)21(17-31)22(18-32)26(30)28(27)34-24-16-10-8-14-20(24)12-6-4-2/h7-10,13-16H,3-6,11-12H2,1-2H3. The molecule has 0 aromatic heterocycles. The highest BCUT2D eigenvalue weighted by molar-refractivity contribution is 5.60. The van der Waals surface area contributed by atoms with E-state index in [1.165, 1.54) is 0 Å². The maximum absolute atomic E-state index is 15.5. The Morgan fingerprint density at radius 1 is 0.676 bits per heavy atom. The number of benzene rings is 3. The van der Waals surface area contributed by atoms with Gasteiger partial charge in [0.2, 0.25) is 11.5 Å². The van der Waals surface area contributed by atoms with E-state index >= 15 is 8.78 Å². The molecule has 0 spiro atoms. The van der Waals surface area contributed by atoms with E-state index in [4.69, 9.17) is 9.47 Å². The van der Waals surface area contributed by atoms with Gasteiger partial charge in [0.25, 0.3) is 0 Å². The molecular formula is C28H26F2N2O2. The summed E-state index contributed by atoms with van der Waals surface area (Å²) >= 11 is 0. The van der Waals surface area contributed by atoms with E-state index in [9.17, 15) is 10.5 Å². The Kier molecular flexibility index (Phi) is 8.60. The Labute approximate surface area is 199 Å². The molecule has 0 radical (unpaired) electrons. The fourth-order valence-corrected chi connectivity index (χ4v) is 3.61. The zero-order valence-electron chi connectivity index (χ0n) is 19.3. The van der Waals surface area contributed by atoms with Crippen molar-refractivity contribution in [1.29, 1.82) is 10.5 Å². The molecular weight excluding hydrogens is 434 g/mol. The first-order valence-electron chi connectivity index (χ1n) is 11.4. The lowest BCUT2D eigenvalue weighted by Crippen LogP contribution is -2.05. The van der Waals surface area contributed by atoms with Crippen LogP contribution in [-0.2, 0) is 12.8 Å². The first kappa shape index (κ1) is 24.7. The number of aryl methyl sites for hydroxylation is 2. The van der Waals surface area contributed by atoms with Gasteiger partial charge in [0, 0.05) is 0 Å². The Hall–Kier alpha value is -3.90. The van der Waals surface area contributed by atoms with E-state index in [1.54, 1.807) is 36.4 Å². The topological polar surface area (TPSA) is 66.0 Å². The summed E-state index contributed by atoms with van der Waals surface area (Å²) < 4.78 is 42.7. The molecule has 0 aliphatic rings. The van der Waals surface area contributed by atoms with Crippen LogP contribution in [0.5, 0.6) is 23.0 Å². The summed E-state index contributed by atoms with van der Waals surface area (Å²) in [6, 6.07) is 17.4. The third kappa shape index (κ3) is 5.35. The van der Waals surface area contributed by atoms with E-state index in [0.29, 0.717) is 24.3 Å². The smallest absolute Gasteiger partial charge is 0.210 e. The molecule has 0 unspecified atom stereocenters. The molecule has 0 atom stereocenters. The predicted molar refractivity (Wildman–Crippen MR) is 126 cm³/mol. The van der Waals surface area contributed by atoms with Gasteiger partial charge < -0.3 is 9.47 Å². The number of halogens is 2. The van der Waals surface area contributed by atoms with Crippen molar-refractivity contribution in [2.75, 3.05) is 0 Å². The average Bonchev–Trinajstić information content (AvgIpc) is 2.86. The van der Waals surface area contributed by atoms with Gasteiger partial charge >= 0.3 is 0 Å². The van der Waals surface area contributed by atoms with Gasteiger partial charge in [-0.1, -0.05) is 63.1 Å². The molecule has 0 bridgehead atoms. The Bertz CT molecular complexity index is 1150. The van der Waals surface area contributed by atoms with Crippen molar-refractivity contribution in [3.05, 3.63) is 82.4 Å². The van der Waals surface area contributed by atoms with Crippen LogP contribution in [0.4, 0.5) is 8.78 Å². The van der Waals surface area contributed by atoms with E-state index in [2.05, 4.69) is 13.8 Å². The van der Waals surface area contributed by atoms with E-state index in [0.717, 1.165) is 36.8 Å². The van der Waals surface area contributed by atoms with Crippen molar-refractivity contribution < 1.29 is 18.3 Å². The number of nitriles is 2. The fourth-order valence-electron chi connectivity index (χ4n) is 3.61. The van der Waals surface area contributed by atoms with Crippen LogP contribution in [0.25, 0.3) is 0 Å². The van der Waals surface area contributed by atoms with Gasteiger partial charge in [0.1, 0.15) is 34.8 Å². The molecule has 34 heavy (non-hydrogen) atoms. The Balaban J connectivity index is 2.17. The largest absolute Gasteiger partial charge is 0.450 e. The van der Waals surface area contributed by atoms with Gasteiger partial charge in [-0.05, 0) is 48.9 Å². The molecule has 0 fully saturated rings. The van der Waals surface area contributed by atoms with Gasteiger partial charge in [-0.15, -0.1) is 0 Å². The van der Waals surface area contributed by atoms with Crippen molar-refractivity contribution >= 4 is 0 Å². The molecule has 0 aliphatic carbocycles. The summed E-state index contributed by atoms with van der Waals surface area (Å²) in [7, 11) is 0. The maximum atomic E-state index is 15.5. The van der Waals surface area contributed by atoms with Crippen molar-refractivity contribution in [1.82, 2.24) is 0 Å². The van der Waals surface area contributed by atoms with Gasteiger partial charge in [0.15, 0.2) is 11.6 Å². The number of nitrogens with zero attached hydrogens (tertiary/aromatic N) is 2. The molecule has 174 valence electrons. The molecule has 0 aliphatic heterocycles. The Morgan fingerprint density at radius 3 is 1.41 bits per heavy atom. The quantitative estimate of drug-likeness (QED) is 0.308. The predicted octanol–water partition coefficient (Wildman–Crippen LogP) is 7.98. The van der Waals surface area contributed by atoms with Crippen LogP contribution in [-0.4, -0.2) is 0 Å². The zero-order chi connectivity index (χ0) is 24.5. The molecule has 0 amide bonds. The molecule has 0 saturated carbocycles. The summed E-state index contributed by atoms with van der Waals surface area (Å²) in [4.78, 5) is 0. The van der Waals surface area contributed by atoms with Gasteiger partial charge in [0.05, 0.1) is 0 Å². The molecule has 0 N–H and O–H groups in total. The highest BCUT2D eigenvalue weighted by atomic mass is 19.1. The van der Waals surface area contributed by atoms with Crippen LogP contribution < -0.4 is 9.47 Å². The lowest BCUT2D eigenvalue weighted by molar-refractivity contribution is 0.369. The molecule has 0 saturated heterocycles. The molecule has 6 heteroatoms. The van der Waals surface area contributed by atoms with Gasteiger partial charge in [-0.3, -0.25) is 0 Å². The second-order valence-corrected chi connectivity index (χ2v) is 7.89. The normalized spacial score (nSPS) is 10.4. The molecule has 4 nitrogen and oxygen atoms in total. The average molecular weight is 461 g/mol. The van der Waals surface area contributed by atoms with E-state index in [-0.39, 0.29) is 0 Å². The minimum absolute atomic E-state index is 0.340. The van der Waals surface area contributed by atoms with Crippen LogP contribution in [0.15, 0.2) is 48.5 Å². The second-order valence-electron chi connectivity index (χ2n) is 7.89. The number of para-hydroxylation sites is 2. The maximum Gasteiger partial charge on any atom is 0.210 e. The first-order valence-corrected chi connectivity index (χ1v) is 11.4. The number of hydrogen-bond acceptors (Lipinski definition) is 4. The van der Waals surface area contributed by atoms with E-state index < -0.39 is 34.3 Å². The number of unbranched alkanes of at least 4 members (excludes halogenated alkanes) is 2. The van der Waals surface area contributed by atoms with Crippen LogP contribution >= 0.6 is 0 Å². The van der Waals surface area contributed by atoms with Crippen LogP contribution in [0, 0.1) is 34.3 Å². The van der Waals surface area contributed by atoms with Crippen molar-refractivity contribution in [2.24, 2.45) is 0 Å². The van der Waals surface area contributed by atoms with Gasteiger partial charge in [-0.25, -0.2) is 8.78 Å². The lowest BCUT2D eigenvalue weighted by Gasteiger charge is -2.18. The summed E-state index contributed by atoms with van der Waals surface area (Å²) in [6.45, 7) is 4.11.